The molecule has 2 aromatic rings. The van der Waals surface area contributed by atoms with E-state index in [0.29, 0.717) is 6.42 Å². The van der Waals surface area contributed by atoms with Crippen LogP contribution in [0.3, 0.4) is 0 Å². The van der Waals surface area contributed by atoms with Crippen LogP contribution in [0.2, 0.25) is 0 Å². The molecule has 1 aliphatic rings. The van der Waals surface area contributed by atoms with E-state index >= 15 is 0 Å². The quantitative estimate of drug-likeness (QED) is 0.902. The number of likely N-dealkylation sites (tertiary alicyclic amines) is 1. The van der Waals surface area contributed by atoms with Gasteiger partial charge in [-0.15, -0.1) is 0 Å². The molecule has 1 amide bonds. The van der Waals surface area contributed by atoms with E-state index in [0.717, 1.165) is 16.5 Å². The summed E-state index contributed by atoms with van der Waals surface area (Å²) in [6.45, 7) is -0.133. The highest BCUT2D eigenvalue weighted by molar-refractivity contribution is 5.84. The van der Waals surface area contributed by atoms with E-state index in [1.54, 1.807) is 0 Å². The van der Waals surface area contributed by atoms with Crippen LogP contribution in [0.5, 0.6) is 0 Å². The minimum atomic E-state index is -4.65. The minimum Gasteiger partial charge on any atom is -0.380 e. The Morgan fingerprint density at radius 2 is 1.92 bits per heavy atom. The number of piperidine rings is 1. The number of halogens is 3. The summed E-state index contributed by atoms with van der Waals surface area (Å²) in [7, 11) is 0. The van der Waals surface area contributed by atoms with Crippen molar-refractivity contribution in [1.82, 2.24) is 9.88 Å². The second-order valence-corrected chi connectivity index (χ2v) is 6.27. The fraction of sp³-hybridized carbons (Fsp3) is 0.471. The van der Waals surface area contributed by atoms with Crippen LogP contribution in [0.25, 0.3) is 10.9 Å². The van der Waals surface area contributed by atoms with Crippen LogP contribution in [0.4, 0.5) is 13.2 Å². The van der Waals surface area contributed by atoms with Crippen LogP contribution >= 0.6 is 0 Å². The maximum Gasteiger partial charge on any atom is 0.417 e. The van der Waals surface area contributed by atoms with E-state index in [1.165, 1.54) is 4.90 Å². The summed E-state index contributed by atoms with van der Waals surface area (Å²) in [6.07, 6.45) is -2.94. The molecule has 130 valence electrons. The van der Waals surface area contributed by atoms with Gasteiger partial charge in [0, 0.05) is 49.5 Å². The van der Waals surface area contributed by atoms with Gasteiger partial charge in [0.2, 0.25) is 5.91 Å². The number of nitrogens with one attached hydrogen (secondary N) is 1. The van der Waals surface area contributed by atoms with Gasteiger partial charge in [0.15, 0.2) is 5.60 Å². The Morgan fingerprint density at radius 1 is 1.25 bits per heavy atom. The molecule has 24 heavy (non-hydrogen) atoms. The number of aryl methyl sites for hydroxylation is 1. The van der Waals surface area contributed by atoms with Gasteiger partial charge in [0.1, 0.15) is 0 Å². The third kappa shape index (κ3) is 3.13. The van der Waals surface area contributed by atoms with Crippen LogP contribution in [0.15, 0.2) is 30.5 Å². The lowest BCUT2D eigenvalue weighted by Gasteiger charge is -2.39. The molecule has 1 aromatic carbocycles. The number of carbonyl (C=O) groups is 1. The molecule has 0 radical (unpaired) electrons. The third-order valence-corrected chi connectivity index (χ3v) is 4.75. The van der Waals surface area contributed by atoms with Gasteiger partial charge in [0.05, 0.1) is 0 Å². The van der Waals surface area contributed by atoms with Crippen molar-refractivity contribution >= 4 is 16.8 Å². The van der Waals surface area contributed by atoms with Crippen molar-refractivity contribution in [2.75, 3.05) is 13.1 Å². The van der Waals surface area contributed by atoms with Gasteiger partial charge >= 0.3 is 6.18 Å². The number of benzene rings is 1. The molecule has 0 spiro atoms. The Balaban J connectivity index is 1.57. The first-order valence-corrected chi connectivity index (χ1v) is 7.92. The van der Waals surface area contributed by atoms with Gasteiger partial charge in [-0.1, -0.05) is 18.2 Å². The molecule has 1 saturated heterocycles. The fourth-order valence-corrected chi connectivity index (χ4v) is 3.15. The molecular weight excluding hydrogens is 321 g/mol. The number of alkyl halides is 3. The Labute approximate surface area is 137 Å². The van der Waals surface area contributed by atoms with E-state index < -0.39 is 24.6 Å². The molecule has 0 atom stereocenters. The molecule has 1 aromatic heterocycles. The van der Waals surface area contributed by atoms with Gasteiger partial charge in [0.25, 0.3) is 0 Å². The number of aromatic nitrogens is 1. The Kier molecular flexibility index (Phi) is 4.29. The zero-order valence-corrected chi connectivity index (χ0v) is 13.1. The number of aliphatic hydroxyl groups is 1. The van der Waals surface area contributed by atoms with Crippen molar-refractivity contribution in [3.8, 4) is 0 Å². The fourth-order valence-electron chi connectivity index (χ4n) is 3.15. The van der Waals surface area contributed by atoms with Crippen LogP contribution < -0.4 is 0 Å². The van der Waals surface area contributed by atoms with Gasteiger partial charge < -0.3 is 15.0 Å². The van der Waals surface area contributed by atoms with Crippen molar-refractivity contribution < 1.29 is 23.1 Å². The first kappa shape index (κ1) is 16.8. The van der Waals surface area contributed by atoms with Gasteiger partial charge in [-0.25, -0.2) is 0 Å². The number of amides is 1. The summed E-state index contributed by atoms with van der Waals surface area (Å²) >= 11 is 0. The van der Waals surface area contributed by atoms with Gasteiger partial charge in [-0.3, -0.25) is 4.79 Å². The molecule has 1 aliphatic heterocycles. The molecule has 7 heteroatoms. The lowest BCUT2D eigenvalue weighted by atomic mass is 9.90. The topological polar surface area (TPSA) is 56.3 Å². The monoisotopic (exact) mass is 340 g/mol. The third-order valence-electron chi connectivity index (χ3n) is 4.75. The predicted molar refractivity (Wildman–Crippen MR) is 83.4 cm³/mol. The second kappa shape index (κ2) is 6.12. The summed E-state index contributed by atoms with van der Waals surface area (Å²) in [6, 6.07) is 7.76. The Morgan fingerprint density at radius 3 is 2.58 bits per heavy atom. The summed E-state index contributed by atoms with van der Waals surface area (Å²) in [4.78, 5) is 16.8. The van der Waals surface area contributed by atoms with E-state index in [9.17, 15) is 23.1 Å². The van der Waals surface area contributed by atoms with Crippen LogP contribution in [-0.2, 0) is 11.2 Å². The number of aromatic amines is 1. The zero-order chi connectivity index (χ0) is 17.4. The number of para-hydroxylation sites is 1. The van der Waals surface area contributed by atoms with Gasteiger partial charge in [-0.05, 0) is 18.1 Å². The number of nitrogens with zero attached hydrogens (tertiary/aromatic N) is 1. The average molecular weight is 340 g/mol. The maximum absolute atomic E-state index is 12.8. The number of rotatable bonds is 3. The summed E-state index contributed by atoms with van der Waals surface area (Å²) in [5.41, 5.74) is -0.656. The van der Waals surface area contributed by atoms with Crippen molar-refractivity contribution in [1.29, 1.82) is 0 Å². The number of carbonyl (C=O) groups excluding carboxylic acids is 1. The molecular formula is C17H19F3N2O2. The normalized spacial score (nSPS) is 18.1. The first-order valence-electron chi connectivity index (χ1n) is 7.92. The molecule has 0 saturated carbocycles. The maximum atomic E-state index is 12.8. The van der Waals surface area contributed by atoms with Crippen molar-refractivity contribution in [3.05, 3.63) is 36.0 Å². The molecule has 2 heterocycles. The minimum absolute atomic E-state index is 0.0667. The first-order chi connectivity index (χ1) is 11.3. The van der Waals surface area contributed by atoms with Crippen molar-refractivity contribution in [3.63, 3.8) is 0 Å². The second-order valence-electron chi connectivity index (χ2n) is 6.27. The highest BCUT2D eigenvalue weighted by Crippen LogP contribution is 2.38. The number of fused-ring (bicyclic) bond motifs is 1. The van der Waals surface area contributed by atoms with Crippen LogP contribution in [0.1, 0.15) is 24.8 Å². The SMILES string of the molecule is O=C(CCc1c[nH]c2ccccc12)N1CCC(O)(C(F)(F)F)CC1. The number of hydrogen-bond acceptors (Lipinski definition) is 2. The molecule has 0 unspecified atom stereocenters. The zero-order valence-electron chi connectivity index (χ0n) is 13.1. The highest BCUT2D eigenvalue weighted by atomic mass is 19.4. The van der Waals surface area contributed by atoms with Crippen LogP contribution in [0, 0.1) is 0 Å². The predicted octanol–water partition coefficient (Wildman–Crippen LogP) is 3.02. The van der Waals surface area contributed by atoms with E-state index in [1.807, 2.05) is 30.5 Å². The molecule has 2 N–H and O–H groups in total. The van der Waals surface area contributed by atoms with E-state index in [4.69, 9.17) is 0 Å². The molecule has 3 rings (SSSR count). The lowest BCUT2D eigenvalue weighted by Crippen LogP contribution is -2.54. The van der Waals surface area contributed by atoms with Crippen LogP contribution in [-0.4, -0.2) is 45.8 Å². The summed E-state index contributed by atoms with van der Waals surface area (Å²) in [5.74, 6) is -0.176. The average Bonchev–Trinajstić information content (AvgIpc) is 2.95. The smallest absolute Gasteiger partial charge is 0.380 e. The Hall–Kier alpha value is -2.02. The molecule has 0 aliphatic carbocycles. The largest absolute Gasteiger partial charge is 0.417 e. The molecule has 1 fully saturated rings. The lowest BCUT2D eigenvalue weighted by molar-refractivity contribution is -0.272. The Bertz CT molecular complexity index is 731. The standard InChI is InChI=1S/C17H19F3N2O2/c18-17(19,20)16(24)7-9-22(10-8-16)15(23)6-5-12-11-21-14-4-2-1-3-13(12)14/h1-4,11,21,24H,5-10H2. The number of hydrogen-bond donors (Lipinski definition) is 2. The van der Waals surface area contributed by atoms with E-state index in [-0.39, 0.29) is 25.4 Å². The highest BCUT2D eigenvalue weighted by Gasteiger charge is 2.54. The molecule has 4 nitrogen and oxygen atoms in total. The van der Waals surface area contributed by atoms with Gasteiger partial charge in [-0.2, -0.15) is 13.2 Å². The van der Waals surface area contributed by atoms with Crippen molar-refractivity contribution in [2.24, 2.45) is 0 Å². The molecule has 0 bridgehead atoms. The van der Waals surface area contributed by atoms with E-state index in [2.05, 4.69) is 4.98 Å². The van der Waals surface area contributed by atoms with Crippen molar-refractivity contribution in [2.45, 2.75) is 37.5 Å². The summed E-state index contributed by atoms with van der Waals surface area (Å²) in [5, 5.41) is 10.7. The number of H-pyrrole nitrogens is 1. The summed E-state index contributed by atoms with van der Waals surface area (Å²) < 4.78 is 38.3.